The minimum Gasteiger partial charge on any atom is -0.465 e. The van der Waals surface area contributed by atoms with Crippen LogP contribution in [-0.2, 0) is 6.18 Å². The van der Waals surface area contributed by atoms with Gasteiger partial charge in [0.25, 0.3) is 0 Å². The third-order valence-corrected chi connectivity index (χ3v) is 2.38. The van der Waals surface area contributed by atoms with Gasteiger partial charge in [0.05, 0.1) is 11.3 Å². The van der Waals surface area contributed by atoms with E-state index in [1.807, 2.05) is 0 Å². The van der Waals surface area contributed by atoms with Crippen molar-refractivity contribution in [3.8, 4) is 0 Å². The van der Waals surface area contributed by atoms with E-state index in [0.29, 0.717) is 12.1 Å². The van der Waals surface area contributed by atoms with Gasteiger partial charge in [0.15, 0.2) is 0 Å². The molecule has 0 saturated carbocycles. The highest BCUT2D eigenvalue weighted by molar-refractivity contribution is 5.87. The predicted molar refractivity (Wildman–Crippen MR) is 61.7 cm³/mol. The molecular weight excluding hydrogens is 266 g/mol. The summed E-state index contributed by atoms with van der Waals surface area (Å²) in [6.45, 7) is 4.66. The molecule has 7 heteroatoms. The fourth-order valence-corrected chi connectivity index (χ4v) is 1.66. The molecule has 0 bridgehead atoms. The van der Waals surface area contributed by atoms with Crippen molar-refractivity contribution in [3.05, 3.63) is 29.6 Å². The lowest BCUT2D eigenvalue weighted by atomic mass is 10.0. The van der Waals surface area contributed by atoms with Gasteiger partial charge in [0.1, 0.15) is 5.82 Å². The second kappa shape index (κ2) is 4.71. The zero-order chi connectivity index (χ0) is 15.0. The van der Waals surface area contributed by atoms with E-state index in [2.05, 4.69) is 0 Å². The summed E-state index contributed by atoms with van der Waals surface area (Å²) >= 11 is 0. The maximum absolute atomic E-state index is 13.4. The molecule has 0 aliphatic heterocycles. The van der Waals surface area contributed by atoms with Crippen molar-refractivity contribution < 1.29 is 27.5 Å². The maximum atomic E-state index is 13.4. The lowest BCUT2D eigenvalue weighted by Crippen LogP contribution is -2.45. The number of rotatable bonds is 1. The molecule has 106 valence electrons. The van der Waals surface area contributed by atoms with Crippen LogP contribution >= 0.6 is 0 Å². The molecule has 0 atom stereocenters. The average Bonchev–Trinajstić information content (AvgIpc) is 2.11. The Morgan fingerprint density at radius 1 is 1.21 bits per heavy atom. The van der Waals surface area contributed by atoms with Gasteiger partial charge in [0, 0.05) is 5.54 Å². The van der Waals surface area contributed by atoms with Crippen LogP contribution in [0.25, 0.3) is 0 Å². The molecule has 0 aliphatic rings. The summed E-state index contributed by atoms with van der Waals surface area (Å²) in [5, 5.41) is 9.06. The normalized spacial score (nSPS) is 12.4. The van der Waals surface area contributed by atoms with Crippen LogP contribution in [0.15, 0.2) is 18.2 Å². The fraction of sp³-hybridized carbons (Fsp3) is 0.417. The first-order valence-corrected chi connectivity index (χ1v) is 5.34. The van der Waals surface area contributed by atoms with Crippen LogP contribution in [0.2, 0.25) is 0 Å². The lowest BCUT2D eigenvalue weighted by Gasteiger charge is -2.33. The average molecular weight is 279 g/mol. The minimum atomic E-state index is -4.81. The summed E-state index contributed by atoms with van der Waals surface area (Å²) in [5.41, 5.74) is -2.47. The highest BCUT2D eigenvalue weighted by atomic mass is 19.4. The number of anilines is 1. The molecule has 1 aromatic carbocycles. The Kier molecular flexibility index (Phi) is 3.79. The molecule has 3 nitrogen and oxygen atoms in total. The van der Waals surface area contributed by atoms with Crippen molar-refractivity contribution in [2.24, 2.45) is 0 Å². The van der Waals surface area contributed by atoms with E-state index in [9.17, 15) is 22.4 Å². The molecule has 1 amide bonds. The summed E-state index contributed by atoms with van der Waals surface area (Å²) in [5.74, 6) is -1.50. The Morgan fingerprint density at radius 3 is 2.05 bits per heavy atom. The Bertz CT molecular complexity index is 491. The van der Waals surface area contributed by atoms with Gasteiger partial charge >= 0.3 is 12.3 Å². The van der Waals surface area contributed by atoms with E-state index in [0.717, 1.165) is 11.0 Å². The summed E-state index contributed by atoms with van der Waals surface area (Å²) < 4.78 is 50.6. The van der Waals surface area contributed by atoms with Gasteiger partial charge in [-0.3, -0.25) is 4.90 Å². The van der Waals surface area contributed by atoms with Gasteiger partial charge in [-0.05, 0) is 39.0 Å². The van der Waals surface area contributed by atoms with E-state index in [4.69, 9.17) is 5.11 Å². The van der Waals surface area contributed by atoms with Crippen LogP contribution in [0.3, 0.4) is 0 Å². The lowest BCUT2D eigenvalue weighted by molar-refractivity contribution is -0.139. The second-order valence-electron chi connectivity index (χ2n) is 4.95. The van der Waals surface area contributed by atoms with Crippen molar-refractivity contribution in [3.63, 3.8) is 0 Å². The summed E-state index contributed by atoms with van der Waals surface area (Å²) in [7, 11) is 0. The standard InChI is InChI=1S/C12H13F4NO2/c1-11(2,3)17(10(18)19)7-4-5-8(9(13)6-7)12(14,15)16/h4-6H,1-3H3,(H,18,19). The zero-order valence-corrected chi connectivity index (χ0v) is 10.5. The van der Waals surface area contributed by atoms with Crippen LogP contribution in [0.1, 0.15) is 26.3 Å². The van der Waals surface area contributed by atoms with E-state index in [-0.39, 0.29) is 5.69 Å². The summed E-state index contributed by atoms with van der Waals surface area (Å²) in [6, 6.07) is 2.04. The fourth-order valence-electron chi connectivity index (χ4n) is 1.66. The first-order chi connectivity index (χ1) is 8.44. The van der Waals surface area contributed by atoms with Gasteiger partial charge in [-0.25, -0.2) is 9.18 Å². The third kappa shape index (κ3) is 3.36. The minimum absolute atomic E-state index is 0.148. The second-order valence-corrected chi connectivity index (χ2v) is 4.95. The molecule has 0 saturated heterocycles. The molecule has 1 N–H and O–H groups in total. The molecule has 19 heavy (non-hydrogen) atoms. The van der Waals surface area contributed by atoms with E-state index in [1.54, 1.807) is 20.8 Å². The number of alkyl halides is 3. The molecule has 0 unspecified atom stereocenters. The van der Waals surface area contributed by atoms with E-state index >= 15 is 0 Å². The van der Waals surface area contributed by atoms with E-state index < -0.39 is 29.2 Å². The number of halogens is 4. The Morgan fingerprint density at radius 2 is 1.74 bits per heavy atom. The van der Waals surface area contributed by atoms with Crippen LogP contribution in [0.4, 0.5) is 28.0 Å². The van der Waals surface area contributed by atoms with Crippen LogP contribution in [0.5, 0.6) is 0 Å². The SMILES string of the molecule is CC(C)(C)N(C(=O)O)c1ccc(C(F)(F)F)c(F)c1. The highest BCUT2D eigenvalue weighted by Gasteiger charge is 2.35. The van der Waals surface area contributed by atoms with Gasteiger partial charge in [-0.15, -0.1) is 0 Å². The topological polar surface area (TPSA) is 40.5 Å². The maximum Gasteiger partial charge on any atom is 0.419 e. The quantitative estimate of drug-likeness (QED) is 0.785. The first kappa shape index (κ1) is 15.3. The van der Waals surface area contributed by atoms with Gasteiger partial charge in [-0.2, -0.15) is 13.2 Å². The van der Waals surface area contributed by atoms with Crippen molar-refractivity contribution in [2.45, 2.75) is 32.5 Å². The monoisotopic (exact) mass is 279 g/mol. The van der Waals surface area contributed by atoms with Crippen molar-refractivity contribution >= 4 is 11.8 Å². The molecule has 0 fully saturated rings. The van der Waals surface area contributed by atoms with Crippen LogP contribution in [0, 0.1) is 5.82 Å². The van der Waals surface area contributed by atoms with E-state index in [1.165, 1.54) is 0 Å². The van der Waals surface area contributed by atoms with Gasteiger partial charge in [0.2, 0.25) is 0 Å². The van der Waals surface area contributed by atoms with Crippen LogP contribution in [-0.4, -0.2) is 16.7 Å². The predicted octanol–water partition coefficient (Wildman–Crippen LogP) is 4.13. The van der Waals surface area contributed by atoms with Crippen molar-refractivity contribution in [1.82, 2.24) is 0 Å². The number of hydrogen-bond donors (Lipinski definition) is 1. The number of amides is 1. The van der Waals surface area contributed by atoms with Gasteiger partial charge < -0.3 is 5.11 Å². The molecule has 0 aliphatic carbocycles. The molecule has 0 radical (unpaired) electrons. The summed E-state index contributed by atoms with van der Waals surface area (Å²) in [6.07, 6.45) is -6.18. The number of carboxylic acid groups (broad SMARTS) is 1. The number of nitrogens with zero attached hydrogens (tertiary/aromatic N) is 1. The summed E-state index contributed by atoms with van der Waals surface area (Å²) in [4.78, 5) is 11.9. The Hall–Kier alpha value is -1.79. The van der Waals surface area contributed by atoms with Crippen molar-refractivity contribution in [1.29, 1.82) is 0 Å². The van der Waals surface area contributed by atoms with Crippen molar-refractivity contribution in [2.75, 3.05) is 4.90 Å². The number of benzene rings is 1. The molecular formula is C12H13F4NO2. The smallest absolute Gasteiger partial charge is 0.419 e. The largest absolute Gasteiger partial charge is 0.465 e. The number of carbonyl (C=O) groups is 1. The Labute approximate surface area is 107 Å². The zero-order valence-electron chi connectivity index (χ0n) is 10.5. The van der Waals surface area contributed by atoms with Crippen LogP contribution < -0.4 is 4.90 Å². The first-order valence-electron chi connectivity index (χ1n) is 5.34. The third-order valence-electron chi connectivity index (χ3n) is 2.38. The molecule has 1 aromatic rings. The molecule has 0 heterocycles. The molecule has 1 rings (SSSR count). The number of hydrogen-bond acceptors (Lipinski definition) is 1. The molecule has 0 spiro atoms. The molecule has 0 aromatic heterocycles. The Balaban J connectivity index is 3.30. The highest BCUT2D eigenvalue weighted by Crippen LogP contribution is 2.34. The van der Waals surface area contributed by atoms with Gasteiger partial charge in [-0.1, -0.05) is 0 Å².